The molecule has 2 nitrogen and oxygen atoms in total. The molecule has 0 saturated heterocycles. The van der Waals surface area contributed by atoms with Gasteiger partial charge in [-0.25, -0.2) is 0 Å². The molecule has 1 aliphatic heterocycles. The molecular formula is C6H8NO. The summed E-state index contributed by atoms with van der Waals surface area (Å²) in [5.74, 6) is 0. The van der Waals surface area contributed by atoms with Crippen molar-refractivity contribution in [2.75, 3.05) is 6.73 Å². The molecule has 1 rings (SSSR count). The minimum Gasteiger partial charge on any atom is -0.479 e. The number of nitrogens with zero attached hydrogens (tertiary/aromatic N) is 1. The summed E-state index contributed by atoms with van der Waals surface area (Å²) in [6.45, 7) is 4.15. The highest BCUT2D eigenvalue weighted by atomic mass is 16.5. The number of hydrogen-bond acceptors (Lipinski definition) is 2. The number of ether oxygens (including phenoxy) is 1. The summed E-state index contributed by atoms with van der Waals surface area (Å²) >= 11 is 0. The SMILES string of the molecule is [CH2]C=CN1C=COC1. The van der Waals surface area contributed by atoms with Gasteiger partial charge < -0.3 is 9.64 Å². The standard InChI is InChI=1S/C6H8NO/c1-2-3-7-4-5-8-6-7/h2-5H,1,6H2. The quantitative estimate of drug-likeness (QED) is 0.501. The minimum absolute atomic E-state index is 0.617. The molecule has 0 fully saturated rings. The third-order valence-electron chi connectivity index (χ3n) is 0.869. The van der Waals surface area contributed by atoms with Crippen LogP contribution in [0.4, 0.5) is 0 Å². The molecule has 2 heteroatoms. The van der Waals surface area contributed by atoms with Crippen molar-refractivity contribution in [1.82, 2.24) is 4.90 Å². The van der Waals surface area contributed by atoms with E-state index in [4.69, 9.17) is 4.74 Å². The maximum absolute atomic E-state index is 4.88. The van der Waals surface area contributed by atoms with Crippen LogP contribution in [0.5, 0.6) is 0 Å². The molecule has 0 aromatic carbocycles. The van der Waals surface area contributed by atoms with Crippen LogP contribution >= 0.6 is 0 Å². The van der Waals surface area contributed by atoms with Gasteiger partial charge >= 0.3 is 0 Å². The molecular weight excluding hydrogens is 102 g/mol. The Morgan fingerprint density at radius 2 is 2.62 bits per heavy atom. The number of allylic oxidation sites excluding steroid dienone is 1. The average Bonchev–Trinajstić information content (AvgIpc) is 2.19. The van der Waals surface area contributed by atoms with E-state index in [2.05, 4.69) is 6.92 Å². The van der Waals surface area contributed by atoms with Gasteiger partial charge in [0.25, 0.3) is 0 Å². The lowest BCUT2D eigenvalue weighted by Gasteiger charge is -2.04. The first-order chi connectivity index (χ1) is 3.93. The largest absolute Gasteiger partial charge is 0.479 e. The van der Waals surface area contributed by atoms with Gasteiger partial charge in [0, 0.05) is 12.4 Å². The molecule has 0 saturated carbocycles. The number of hydrogen-bond donors (Lipinski definition) is 0. The van der Waals surface area contributed by atoms with Crippen molar-refractivity contribution >= 4 is 0 Å². The fraction of sp³-hybridized carbons (Fsp3) is 0.167. The highest BCUT2D eigenvalue weighted by molar-refractivity contribution is 4.92. The van der Waals surface area contributed by atoms with E-state index in [0.29, 0.717) is 6.73 Å². The molecule has 0 aromatic rings. The van der Waals surface area contributed by atoms with E-state index in [0.717, 1.165) is 0 Å². The number of rotatable bonds is 1. The summed E-state index contributed by atoms with van der Waals surface area (Å²) < 4.78 is 4.88. The van der Waals surface area contributed by atoms with E-state index < -0.39 is 0 Å². The molecule has 0 spiro atoms. The van der Waals surface area contributed by atoms with Crippen molar-refractivity contribution in [3.05, 3.63) is 31.7 Å². The van der Waals surface area contributed by atoms with E-state index in [1.165, 1.54) is 0 Å². The van der Waals surface area contributed by atoms with E-state index in [1.807, 2.05) is 17.3 Å². The van der Waals surface area contributed by atoms with Crippen LogP contribution < -0.4 is 0 Å². The molecule has 0 aliphatic carbocycles. The first-order valence-corrected chi connectivity index (χ1v) is 2.43. The van der Waals surface area contributed by atoms with E-state index in [-0.39, 0.29) is 0 Å². The topological polar surface area (TPSA) is 12.5 Å². The third-order valence-corrected chi connectivity index (χ3v) is 0.869. The molecule has 1 heterocycles. The first kappa shape index (κ1) is 5.22. The summed E-state index contributed by atoms with van der Waals surface area (Å²) in [6, 6.07) is 0. The van der Waals surface area contributed by atoms with Gasteiger partial charge in [0.15, 0.2) is 6.73 Å². The second kappa shape index (κ2) is 2.40. The van der Waals surface area contributed by atoms with Crippen molar-refractivity contribution in [3.63, 3.8) is 0 Å². The van der Waals surface area contributed by atoms with Crippen LogP contribution in [0.15, 0.2) is 24.7 Å². The van der Waals surface area contributed by atoms with Crippen LogP contribution in [0.1, 0.15) is 0 Å². The van der Waals surface area contributed by atoms with Gasteiger partial charge in [-0.1, -0.05) is 6.08 Å². The highest BCUT2D eigenvalue weighted by Crippen LogP contribution is 1.99. The van der Waals surface area contributed by atoms with E-state index in [9.17, 15) is 0 Å². The maximum Gasteiger partial charge on any atom is 0.164 e. The maximum atomic E-state index is 4.88. The zero-order chi connectivity index (χ0) is 5.82. The predicted molar refractivity (Wildman–Crippen MR) is 31.4 cm³/mol. The fourth-order valence-corrected chi connectivity index (χ4v) is 0.521. The summed E-state index contributed by atoms with van der Waals surface area (Å²) in [6.07, 6.45) is 7.07. The lowest BCUT2D eigenvalue weighted by molar-refractivity contribution is 0.204. The second-order valence-corrected chi connectivity index (χ2v) is 1.48. The Kier molecular flexibility index (Phi) is 1.57. The van der Waals surface area contributed by atoms with Crippen LogP contribution in [0.3, 0.4) is 0 Å². The summed E-state index contributed by atoms with van der Waals surface area (Å²) in [5, 5.41) is 0. The van der Waals surface area contributed by atoms with Gasteiger partial charge in [-0.2, -0.15) is 0 Å². The third kappa shape index (κ3) is 1.03. The Labute approximate surface area is 49.1 Å². The molecule has 0 aromatic heterocycles. The Hall–Kier alpha value is -0.920. The van der Waals surface area contributed by atoms with Crippen molar-refractivity contribution in [1.29, 1.82) is 0 Å². The van der Waals surface area contributed by atoms with Gasteiger partial charge in [-0.05, 0) is 6.92 Å². The van der Waals surface area contributed by atoms with Crippen molar-refractivity contribution in [3.8, 4) is 0 Å². The molecule has 1 radical (unpaired) electrons. The Bertz CT molecular complexity index is 118. The molecule has 8 heavy (non-hydrogen) atoms. The smallest absolute Gasteiger partial charge is 0.164 e. The lowest BCUT2D eigenvalue weighted by atomic mass is 10.6. The molecule has 0 atom stereocenters. The van der Waals surface area contributed by atoms with E-state index in [1.54, 1.807) is 12.3 Å². The minimum atomic E-state index is 0.617. The summed E-state index contributed by atoms with van der Waals surface area (Å²) in [7, 11) is 0. The molecule has 0 N–H and O–H groups in total. The van der Waals surface area contributed by atoms with Crippen molar-refractivity contribution in [2.45, 2.75) is 0 Å². The molecule has 0 bridgehead atoms. The molecule has 0 amide bonds. The van der Waals surface area contributed by atoms with Gasteiger partial charge in [0.05, 0.1) is 0 Å². The molecule has 1 aliphatic rings. The Morgan fingerprint density at radius 3 is 3.12 bits per heavy atom. The molecule has 43 valence electrons. The Balaban J connectivity index is 2.36. The van der Waals surface area contributed by atoms with Crippen LogP contribution in [-0.4, -0.2) is 11.6 Å². The lowest BCUT2D eigenvalue weighted by Crippen LogP contribution is -2.05. The predicted octanol–water partition coefficient (Wildman–Crippen LogP) is 1.10. The van der Waals surface area contributed by atoms with Gasteiger partial charge in [-0.3, -0.25) is 0 Å². The zero-order valence-electron chi connectivity index (χ0n) is 4.58. The van der Waals surface area contributed by atoms with E-state index >= 15 is 0 Å². The molecule has 0 unspecified atom stereocenters. The monoisotopic (exact) mass is 110 g/mol. The fourth-order valence-electron chi connectivity index (χ4n) is 0.521. The first-order valence-electron chi connectivity index (χ1n) is 2.43. The highest BCUT2D eigenvalue weighted by Gasteiger charge is 1.96. The van der Waals surface area contributed by atoms with Gasteiger partial charge in [0.1, 0.15) is 6.26 Å². The van der Waals surface area contributed by atoms with Crippen molar-refractivity contribution < 1.29 is 4.74 Å². The zero-order valence-corrected chi connectivity index (χ0v) is 4.58. The summed E-state index contributed by atoms with van der Waals surface area (Å²) in [4.78, 5) is 1.90. The van der Waals surface area contributed by atoms with Gasteiger partial charge in [-0.15, -0.1) is 0 Å². The Morgan fingerprint density at radius 1 is 1.75 bits per heavy atom. The normalized spacial score (nSPS) is 17.9. The average molecular weight is 110 g/mol. The van der Waals surface area contributed by atoms with Crippen LogP contribution in [-0.2, 0) is 4.74 Å². The summed E-state index contributed by atoms with van der Waals surface area (Å²) in [5.41, 5.74) is 0. The van der Waals surface area contributed by atoms with Crippen LogP contribution in [0.2, 0.25) is 0 Å². The van der Waals surface area contributed by atoms with Gasteiger partial charge in [0.2, 0.25) is 0 Å². The van der Waals surface area contributed by atoms with Crippen LogP contribution in [0, 0.1) is 6.92 Å². The van der Waals surface area contributed by atoms with Crippen LogP contribution in [0.25, 0.3) is 0 Å². The van der Waals surface area contributed by atoms with Crippen molar-refractivity contribution in [2.24, 2.45) is 0 Å². The second-order valence-electron chi connectivity index (χ2n) is 1.48.